The number of phosphoric ester groups is 1. The minimum atomic E-state index is -4.75. The van der Waals surface area contributed by atoms with E-state index in [1.54, 1.807) is 0 Å². The normalized spacial score (nSPS) is 13.8. The van der Waals surface area contributed by atoms with Crippen molar-refractivity contribution in [3.63, 3.8) is 0 Å². The third-order valence-corrected chi connectivity index (χ3v) is 12.9. The average molecular weight is 1010 g/mol. The predicted molar refractivity (Wildman–Crippen MR) is 288 cm³/mol. The molecule has 12 heteroatoms. The minimum Gasteiger partial charge on any atom is -0.462 e. The summed E-state index contributed by atoms with van der Waals surface area (Å²) in [5, 5.41) is 9.78. The van der Waals surface area contributed by atoms with Crippen LogP contribution in [0, 0.1) is 0 Å². The minimum absolute atomic E-state index is 0.150. The molecule has 3 atom stereocenters. The van der Waals surface area contributed by atoms with E-state index in [-0.39, 0.29) is 25.9 Å². The van der Waals surface area contributed by atoms with Gasteiger partial charge >= 0.3 is 25.7 Å². The second kappa shape index (κ2) is 52.5. The van der Waals surface area contributed by atoms with Crippen molar-refractivity contribution in [2.24, 2.45) is 0 Å². The van der Waals surface area contributed by atoms with E-state index in [9.17, 15) is 28.9 Å². The van der Waals surface area contributed by atoms with Gasteiger partial charge in [-0.2, -0.15) is 0 Å². The second-order valence-corrected chi connectivity index (χ2v) is 20.2. The molecule has 0 amide bonds. The van der Waals surface area contributed by atoms with Crippen LogP contribution in [0.25, 0.3) is 0 Å². The van der Waals surface area contributed by atoms with Crippen molar-refractivity contribution < 1.29 is 52.2 Å². The van der Waals surface area contributed by atoms with Crippen molar-refractivity contribution in [1.82, 2.24) is 0 Å². The SMILES string of the molecule is CC/C=C\C/C=C\C/C=C\C/C=C\C/C=C\CCCC(=O)OCC(COP(=O)(O)OCC(CO)OC(=O)CCCCCCCCCCCCC)OC(=O)CCCCCCCCCCCCCCCCC. The monoisotopic (exact) mass is 1010 g/mol. The molecule has 11 nitrogen and oxygen atoms in total. The lowest BCUT2D eigenvalue weighted by Crippen LogP contribution is -2.30. The van der Waals surface area contributed by atoms with Gasteiger partial charge in [-0.05, 0) is 57.8 Å². The van der Waals surface area contributed by atoms with Gasteiger partial charge in [-0.1, -0.05) is 236 Å². The van der Waals surface area contributed by atoms with Crippen LogP contribution in [0.3, 0.4) is 0 Å². The largest absolute Gasteiger partial charge is 0.472 e. The van der Waals surface area contributed by atoms with Crippen molar-refractivity contribution in [1.29, 1.82) is 0 Å². The highest BCUT2D eigenvalue weighted by atomic mass is 31.2. The summed E-state index contributed by atoms with van der Waals surface area (Å²) in [5.41, 5.74) is 0. The molecule has 0 aromatic heterocycles. The maximum absolute atomic E-state index is 12.9. The van der Waals surface area contributed by atoms with E-state index in [0.717, 1.165) is 70.6 Å². The Morgan fingerprint density at radius 1 is 0.414 bits per heavy atom. The summed E-state index contributed by atoms with van der Waals surface area (Å²) in [6, 6.07) is 0. The lowest BCUT2D eigenvalue weighted by molar-refractivity contribution is -0.161. The fraction of sp³-hybridized carbons (Fsp3) is 0.776. The number of hydrogen-bond acceptors (Lipinski definition) is 10. The van der Waals surface area contributed by atoms with Crippen LogP contribution in [0.2, 0.25) is 0 Å². The van der Waals surface area contributed by atoms with Gasteiger partial charge in [-0.3, -0.25) is 23.4 Å². The van der Waals surface area contributed by atoms with Gasteiger partial charge in [-0.15, -0.1) is 0 Å². The van der Waals surface area contributed by atoms with Gasteiger partial charge in [0.1, 0.15) is 12.7 Å². The van der Waals surface area contributed by atoms with Crippen LogP contribution in [0.1, 0.15) is 252 Å². The molecule has 2 N–H and O–H groups in total. The average Bonchev–Trinajstić information content (AvgIpc) is 3.35. The Bertz CT molecular complexity index is 1410. The van der Waals surface area contributed by atoms with E-state index in [1.165, 1.54) is 116 Å². The number of hydrogen-bond donors (Lipinski definition) is 2. The Morgan fingerprint density at radius 2 is 0.743 bits per heavy atom. The van der Waals surface area contributed by atoms with Gasteiger partial charge in [0.05, 0.1) is 19.8 Å². The van der Waals surface area contributed by atoms with E-state index in [1.807, 2.05) is 6.08 Å². The number of rotatable bonds is 52. The van der Waals surface area contributed by atoms with Crippen LogP contribution in [-0.2, 0) is 42.2 Å². The maximum Gasteiger partial charge on any atom is 0.472 e. The third kappa shape index (κ3) is 50.1. The van der Waals surface area contributed by atoms with E-state index < -0.39 is 57.8 Å². The van der Waals surface area contributed by atoms with E-state index in [2.05, 4.69) is 75.5 Å². The first-order valence-corrected chi connectivity index (χ1v) is 29.7. The topological polar surface area (TPSA) is 155 Å². The van der Waals surface area contributed by atoms with Crippen molar-refractivity contribution in [3.8, 4) is 0 Å². The van der Waals surface area contributed by atoms with Gasteiger partial charge in [0.2, 0.25) is 0 Å². The summed E-state index contributed by atoms with van der Waals surface area (Å²) in [6.07, 6.45) is 56.2. The summed E-state index contributed by atoms with van der Waals surface area (Å²) in [4.78, 5) is 48.4. The second-order valence-electron chi connectivity index (χ2n) is 18.7. The van der Waals surface area contributed by atoms with E-state index in [4.69, 9.17) is 23.3 Å². The molecule has 70 heavy (non-hydrogen) atoms. The summed E-state index contributed by atoms with van der Waals surface area (Å²) in [5.74, 6) is -1.52. The van der Waals surface area contributed by atoms with Crippen LogP contribution >= 0.6 is 7.82 Å². The molecule has 0 rings (SSSR count). The smallest absolute Gasteiger partial charge is 0.462 e. The zero-order chi connectivity index (χ0) is 51.3. The van der Waals surface area contributed by atoms with Crippen molar-refractivity contribution in [2.75, 3.05) is 26.4 Å². The number of phosphoric acid groups is 1. The first-order valence-electron chi connectivity index (χ1n) is 28.2. The number of carbonyl (C=O) groups is 3. The quantitative estimate of drug-likeness (QED) is 0.0197. The van der Waals surface area contributed by atoms with E-state index in [0.29, 0.717) is 25.7 Å². The van der Waals surface area contributed by atoms with Crippen LogP contribution in [-0.4, -0.2) is 66.5 Å². The van der Waals surface area contributed by atoms with Crippen molar-refractivity contribution in [2.45, 2.75) is 264 Å². The maximum atomic E-state index is 12.9. The van der Waals surface area contributed by atoms with Gasteiger partial charge in [0.15, 0.2) is 6.10 Å². The lowest BCUT2D eigenvalue weighted by Gasteiger charge is -2.21. The Hall–Kier alpha value is -2.82. The molecule has 0 radical (unpaired) electrons. The molecule has 0 aliphatic heterocycles. The highest BCUT2D eigenvalue weighted by molar-refractivity contribution is 7.47. The molecule has 0 aliphatic rings. The van der Waals surface area contributed by atoms with Gasteiger partial charge in [0, 0.05) is 19.3 Å². The molecule has 0 spiro atoms. The molecule has 0 aliphatic carbocycles. The molecule has 0 saturated carbocycles. The number of carbonyl (C=O) groups excluding carboxylic acids is 3. The number of ether oxygens (including phenoxy) is 3. The van der Waals surface area contributed by atoms with Crippen molar-refractivity contribution >= 4 is 25.7 Å². The molecule has 0 aromatic carbocycles. The third-order valence-electron chi connectivity index (χ3n) is 12.0. The number of aliphatic hydroxyl groups excluding tert-OH is 1. The summed E-state index contributed by atoms with van der Waals surface area (Å²) < 4.78 is 39.4. The molecular weight excluding hydrogens is 904 g/mol. The van der Waals surface area contributed by atoms with Gasteiger partial charge < -0.3 is 24.2 Å². The molecule has 3 unspecified atom stereocenters. The Kier molecular flexibility index (Phi) is 50.4. The first kappa shape index (κ1) is 67.2. The zero-order valence-electron chi connectivity index (χ0n) is 44.7. The molecular formula is C58H103O11P. The van der Waals surface area contributed by atoms with Crippen LogP contribution in [0.4, 0.5) is 0 Å². The number of esters is 3. The summed E-state index contributed by atoms with van der Waals surface area (Å²) in [7, 11) is -4.75. The molecule has 0 saturated heterocycles. The Labute approximate surface area is 427 Å². The van der Waals surface area contributed by atoms with Crippen molar-refractivity contribution in [3.05, 3.63) is 60.8 Å². The van der Waals surface area contributed by atoms with Gasteiger partial charge in [0.25, 0.3) is 0 Å². The fourth-order valence-corrected chi connectivity index (χ4v) is 8.47. The Morgan fingerprint density at radius 3 is 1.13 bits per heavy atom. The molecule has 0 bridgehead atoms. The first-order chi connectivity index (χ1) is 34.2. The molecule has 0 heterocycles. The standard InChI is InChI=1S/C58H103O11P/c1-4-7-10-13-16-19-22-24-26-27-29-30-33-35-38-41-44-47-56(60)65-51-55(69-58(62)49-46-43-40-37-34-31-28-25-23-20-17-14-11-8-5-2)53-67-70(63,64)66-52-54(50-59)68-57(61)48-45-42-39-36-32-21-18-15-12-9-6-3/h7,10,16,19,24,26,29-30,35,38,54-55,59H,4-6,8-9,11-15,17-18,20-23,25,27-28,31-34,36-37,39-53H2,1-3H3,(H,63,64)/b10-7-,19-16-,26-24-,30-29-,38-35-. The molecule has 406 valence electrons. The number of allylic oxidation sites excluding steroid dienone is 10. The van der Waals surface area contributed by atoms with Crippen LogP contribution in [0.5, 0.6) is 0 Å². The molecule has 0 fully saturated rings. The van der Waals surface area contributed by atoms with Crippen LogP contribution < -0.4 is 0 Å². The highest BCUT2D eigenvalue weighted by Crippen LogP contribution is 2.43. The molecule has 0 aromatic rings. The lowest BCUT2D eigenvalue weighted by atomic mass is 10.0. The fourth-order valence-electron chi connectivity index (χ4n) is 7.69. The summed E-state index contributed by atoms with van der Waals surface area (Å²) in [6.45, 7) is 4.48. The zero-order valence-corrected chi connectivity index (χ0v) is 45.6. The van der Waals surface area contributed by atoms with Crippen LogP contribution in [0.15, 0.2) is 60.8 Å². The van der Waals surface area contributed by atoms with Gasteiger partial charge in [-0.25, -0.2) is 4.57 Å². The Balaban J connectivity index is 4.80. The number of unbranched alkanes of at least 4 members (excludes halogenated alkanes) is 25. The summed E-state index contributed by atoms with van der Waals surface area (Å²) >= 11 is 0. The van der Waals surface area contributed by atoms with E-state index >= 15 is 0 Å². The highest BCUT2D eigenvalue weighted by Gasteiger charge is 2.28. The number of aliphatic hydroxyl groups is 1. The predicted octanol–water partition coefficient (Wildman–Crippen LogP) is 16.4.